The summed E-state index contributed by atoms with van der Waals surface area (Å²) in [6, 6.07) is 2.90. The van der Waals surface area contributed by atoms with E-state index < -0.39 is 17.7 Å². The highest BCUT2D eigenvalue weighted by Gasteiger charge is 2.17. The predicted molar refractivity (Wildman–Crippen MR) is 60.8 cm³/mol. The molecular formula is C12H13F2N3O. The van der Waals surface area contributed by atoms with Crippen molar-refractivity contribution in [3.63, 3.8) is 0 Å². The molecule has 18 heavy (non-hydrogen) atoms. The van der Waals surface area contributed by atoms with Crippen molar-refractivity contribution < 1.29 is 13.9 Å². The van der Waals surface area contributed by atoms with E-state index in [4.69, 9.17) is 0 Å². The number of rotatable bonds is 4. The van der Waals surface area contributed by atoms with E-state index in [-0.39, 0.29) is 12.5 Å². The van der Waals surface area contributed by atoms with E-state index in [0.717, 1.165) is 6.07 Å². The summed E-state index contributed by atoms with van der Waals surface area (Å²) in [4.78, 5) is 0. The molecule has 0 aliphatic rings. The molecule has 0 aliphatic carbocycles. The van der Waals surface area contributed by atoms with Gasteiger partial charge in [-0.1, -0.05) is 5.21 Å². The van der Waals surface area contributed by atoms with E-state index in [1.165, 1.54) is 23.0 Å². The molecule has 0 radical (unpaired) electrons. The number of hydrogen-bond acceptors (Lipinski definition) is 3. The summed E-state index contributed by atoms with van der Waals surface area (Å²) in [5.74, 6) is -1.30. The Morgan fingerprint density at radius 2 is 1.94 bits per heavy atom. The van der Waals surface area contributed by atoms with E-state index >= 15 is 0 Å². The number of nitrogens with zero attached hydrogens (tertiary/aromatic N) is 3. The number of aliphatic hydroxyl groups excluding tert-OH is 1. The van der Waals surface area contributed by atoms with Gasteiger partial charge in [-0.25, -0.2) is 13.5 Å². The number of aliphatic hydroxyl groups is 1. The van der Waals surface area contributed by atoms with Crippen molar-refractivity contribution in [2.75, 3.05) is 0 Å². The third kappa shape index (κ3) is 2.89. The highest BCUT2D eigenvalue weighted by molar-refractivity contribution is 5.18. The van der Waals surface area contributed by atoms with Gasteiger partial charge in [0.15, 0.2) is 0 Å². The second-order valence-electron chi connectivity index (χ2n) is 4.17. The first-order chi connectivity index (χ1) is 8.56. The normalized spacial score (nSPS) is 14.4. The molecule has 1 heterocycles. The quantitative estimate of drug-likeness (QED) is 0.902. The van der Waals surface area contributed by atoms with Crippen LogP contribution in [0.5, 0.6) is 0 Å². The Balaban J connectivity index is 2.09. The summed E-state index contributed by atoms with van der Waals surface area (Å²) in [5, 5.41) is 17.4. The Morgan fingerprint density at radius 3 is 2.50 bits per heavy atom. The minimum atomic E-state index is -0.798. The molecule has 0 fully saturated rings. The molecule has 6 heteroatoms. The van der Waals surface area contributed by atoms with Crippen LogP contribution in [0.2, 0.25) is 0 Å². The second kappa shape index (κ2) is 5.22. The number of hydrogen-bond donors (Lipinski definition) is 1. The van der Waals surface area contributed by atoms with Crippen LogP contribution in [0.25, 0.3) is 0 Å². The first-order valence-electron chi connectivity index (χ1n) is 5.55. The van der Waals surface area contributed by atoms with Crippen LogP contribution in [-0.2, 0) is 6.42 Å². The van der Waals surface area contributed by atoms with Gasteiger partial charge >= 0.3 is 0 Å². The van der Waals surface area contributed by atoms with Gasteiger partial charge in [0.25, 0.3) is 0 Å². The molecule has 0 aliphatic heterocycles. The summed E-state index contributed by atoms with van der Waals surface area (Å²) in [6.07, 6.45) is 2.48. The summed E-state index contributed by atoms with van der Waals surface area (Å²) in [5.41, 5.74) is 0.409. The van der Waals surface area contributed by atoms with Gasteiger partial charge in [0.1, 0.15) is 11.6 Å². The van der Waals surface area contributed by atoms with Gasteiger partial charge in [0, 0.05) is 18.7 Å². The highest BCUT2D eigenvalue weighted by atomic mass is 19.1. The molecule has 0 spiro atoms. The first kappa shape index (κ1) is 12.6. The zero-order valence-corrected chi connectivity index (χ0v) is 9.79. The fourth-order valence-electron chi connectivity index (χ4n) is 1.75. The van der Waals surface area contributed by atoms with Gasteiger partial charge < -0.3 is 5.11 Å². The molecule has 2 unspecified atom stereocenters. The third-order valence-corrected chi connectivity index (χ3v) is 2.78. The molecule has 0 saturated heterocycles. The SMILES string of the molecule is CC(C(O)Cc1cc(F)cc(F)c1)n1ccnn1. The fourth-order valence-corrected chi connectivity index (χ4v) is 1.75. The second-order valence-corrected chi connectivity index (χ2v) is 4.17. The molecule has 4 nitrogen and oxygen atoms in total. The molecule has 1 aromatic heterocycles. The van der Waals surface area contributed by atoms with E-state index in [1.807, 2.05) is 0 Å². The van der Waals surface area contributed by atoms with Gasteiger partial charge in [-0.15, -0.1) is 5.10 Å². The summed E-state index contributed by atoms with van der Waals surface area (Å²) < 4.78 is 27.5. The van der Waals surface area contributed by atoms with E-state index in [0.29, 0.717) is 5.56 Å². The summed E-state index contributed by atoms with van der Waals surface area (Å²) >= 11 is 0. The average molecular weight is 253 g/mol. The largest absolute Gasteiger partial charge is 0.391 e. The van der Waals surface area contributed by atoms with Gasteiger partial charge in [0.2, 0.25) is 0 Å². The molecule has 2 atom stereocenters. The molecule has 2 rings (SSSR count). The van der Waals surface area contributed by atoms with Gasteiger partial charge in [-0.2, -0.15) is 0 Å². The predicted octanol–water partition coefficient (Wildman–Crippen LogP) is 1.72. The van der Waals surface area contributed by atoms with Gasteiger partial charge in [0.05, 0.1) is 18.3 Å². The van der Waals surface area contributed by atoms with Crippen LogP contribution in [0.4, 0.5) is 8.78 Å². The fraction of sp³-hybridized carbons (Fsp3) is 0.333. The minimum absolute atomic E-state index is 0.149. The summed E-state index contributed by atoms with van der Waals surface area (Å²) in [6.45, 7) is 1.76. The minimum Gasteiger partial charge on any atom is -0.391 e. The van der Waals surface area contributed by atoms with Crippen LogP contribution in [0.15, 0.2) is 30.6 Å². The van der Waals surface area contributed by atoms with Crippen molar-refractivity contribution in [3.05, 3.63) is 47.8 Å². The van der Waals surface area contributed by atoms with E-state index in [2.05, 4.69) is 10.3 Å². The number of halogens is 2. The average Bonchev–Trinajstić information content (AvgIpc) is 2.79. The van der Waals surface area contributed by atoms with Gasteiger partial charge in [-0.3, -0.25) is 0 Å². The maximum absolute atomic E-state index is 13.0. The van der Waals surface area contributed by atoms with Crippen molar-refractivity contribution in [3.8, 4) is 0 Å². The standard InChI is InChI=1S/C12H13F2N3O/c1-8(17-3-2-15-16-17)12(18)6-9-4-10(13)7-11(14)5-9/h2-5,7-8,12,18H,6H2,1H3. The molecule has 96 valence electrons. The Bertz CT molecular complexity index is 496. The van der Waals surface area contributed by atoms with Crippen molar-refractivity contribution in [2.45, 2.75) is 25.5 Å². The molecule has 0 saturated carbocycles. The van der Waals surface area contributed by atoms with Crippen LogP contribution in [0.1, 0.15) is 18.5 Å². The van der Waals surface area contributed by atoms with Crippen molar-refractivity contribution >= 4 is 0 Å². The van der Waals surface area contributed by atoms with Crippen LogP contribution in [-0.4, -0.2) is 26.2 Å². The van der Waals surface area contributed by atoms with E-state index in [1.54, 1.807) is 13.1 Å². The molecule has 1 N–H and O–H groups in total. The zero-order valence-electron chi connectivity index (χ0n) is 9.79. The number of benzene rings is 1. The molecule has 2 aromatic rings. The van der Waals surface area contributed by atoms with Crippen LogP contribution >= 0.6 is 0 Å². The third-order valence-electron chi connectivity index (χ3n) is 2.78. The molecule has 1 aromatic carbocycles. The Morgan fingerprint density at radius 1 is 1.28 bits per heavy atom. The van der Waals surface area contributed by atoms with Crippen molar-refractivity contribution in [1.29, 1.82) is 0 Å². The highest BCUT2D eigenvalue weighted by Crippen LogP contribution is 2.16. The van der Waals surface area contributed by atoms with Crippen molar-refractivity contribution in [1.82, 2.24) is 15.0 Å². The smallest absolute Gasteiger partial charge is 0.126 e. The lowest BCUT2D eigenvalue weighted by Gasteiger charge is -2.18. The molecule has 0 bridgehead atoms. The summed E-state index contributed by atoms with van der Waals surface area (Å²) in [7, 11) is 0. The van der Waals surface area contributed by atoms with E-state index in [9.17, 15) is 13.9 Å². The van der Waals surface area contributed by atoms with Crippen molar-refractivity contribution in [2.24, 2.45) is 0 Å². The molecule has 0 amide bonds. The number of aromatic nitrogens is 3. The van der Waals surface area contributed by atoms with Crippen LogP contribution in [0, 0.1) is 11.6 Å². The Hall–Kier alpha value is -1.82. The Labute approximate surface area is 103 Å². The lowest BCUT2D eigenvalue weighted by Crippen LogP contribution is -2.24. The van der Waals surface area contributed by atoms with Crippen LogP contribution < -0.4 is 0 Å². The monoisotopic (exact) mass is 253 g/mol. The first-order valence-corrected chi connectivity index (χ1v) is 5.55. The maximum Gasteiger partial charge on any atom is 0.126 e. The van der Waals surface area contributed by atoms with Gasteiger partial charge in [-0.05, 0) is 24.6 Å². The maximum atomic E-state index is 13.0. The Kier molecular flexibility index (Phi) is 3.66. The lowest BCUT2D eigenvalue weighted by molar-refractivity contribution is 0.113. The lowest BCUT2D eigenvalue weighted by atomic mass is 10.0. The zero-order chi connectivity index (χ0) is 13.1. The van der Waals surface area contributed by atoms with Crippen LogP contribution in [0.3, 0.4) is 0 Å². The topological polar surface area (TPSA) is 50.9 Å². The molecular weight excluding hydrogens is 240 g/mol.